The van der Waals surface area contributed by atoms with Gasteiger partial charge in [-0.1, -0.05) is 44.2 Å². The van der Waals surface area contributed by atoms with E-state index in [2.05, 4.69) is 21.7 Å². The number of phenols is 1. The van der Waals surface area contributed by atoms with E-state index in [0.717, 1.165) is 30.8 Å². The number of hydrogen-bond acceptors (Lipinski definition) is 4. The third-order valence-corrected chi connectivity index (χ3v) is 5.07. The molecule has 0 fully saturated rings. The molecule has 0 aliphatic rings. The number of hydrogen-bond donors (Lipinski definition) is 1. The van der Waals surface area contributed by atoms with Crippen molar-refractivity contribution in [1.29, 1.82) is 0 Å². The van der Waals surface area contributed by atoms with Gasteiger partial charge in [-0.2, -0.15) is 0 Å². The van der Waals surface area contributed by atoms with E-state index < -0.39 is 0 Å². The lowest BCUT2D eigenvalue weighted by molar-refractivity contribution is 0.0965. The van der Waals surface area contributed by atoms with E-state index in [1.165, 1.54) is 0 Å². The first-order valence-corrected chi connectivity index (χ1v) is 10.5. The van der Waals surface area contributed by atoms with Crippen LogP contribution in [0.15, 0.2) is 54.9 Å². The van der Waals surface area contributed by atoms with E-state index in [0.29, 0.717) is 29.9 Å². The van der Waals surface area contributed by atoms with Crippen molar-refractivity contribution in [2.24, 2.45) is 5.92 Å². The van der Waals surface area contributed by atoms with Gasteiger partial charge < -0.3 is 14.4 Å². The van der Waals surface area contributed by atoms with Gasteiger partial charge in [0, 0.05) is 36.5 Å². The van der Waals surface area contributed by atoms with Crippen LogP contribution in [0, 0.1) is 12.8 Å². The Morgan fingerprint density at radius 3 is 2.63 bits per heavy atom. The highest BCUT2D eigenvalue weighted by Crippen LogP contribution is 2.32. The molecule has 30 heavy (non-hydrogen) atoms. The summed E-state index contributed by atoms with van der Waals surface area (Å²) in [5.74, 6) is 1.85. The summed E-state index contributed by atoms with van der Waals surface area (Å²) < 4.78 is 8.03. The van der Waals surface area contributed by atoms with E-state index in [9.17, 15) is 9.90 Å². The zero-order valence-electron chi connectivity index (χ0n) is 18.0. The first kappa shape index (κ1) is 21.6. The monoisotopic (exact) mass is 406 g/mol. The topological polar surface area (TPSA) is 64.4 Å². The van der Waals surface area contributed by atoms with Gasteiger partial charge in [-0.05, 0) is 37.8 Å². The maximum absolute atomic E-state index is 12.3. The Hall–Kier alpha value is -3.08. The van der Waals surface area contributed by atoms with Gasteiger partial charge in [0.25, 0.3) is 0 Å². The molecule has 0 unspecified atom stereocenters. The molecule has 0 amide bonds. The van der Waals surface area contributed by atoms with Crippen molar-refractivity contribution in [1.82, 2.24) is 9.55 Å². The van der Waals surface area contributed by atoms with Crippen LogP contribution in [0.2, 0.25) is 0 Å². The molecule has 0 aliphatic carbocycles. The number of benzene rings is 2. The minimum Gasteiger partial charge on any atom is -0.507 e. The minimum absolute atomic E-state index is 0.0315. The van der Waals surface area contributed by atoms with Crippen LogP contribution >= 0.6 is 0 Å². The predicted molar refractivity (Wildman–Crippen MR) is 119 cm³/mol. The number of rotatable bonds is 10. The predicted octanol–water partition coefficient (Wildman–Crippen LogP) is 5.65. The van der Waals surface area contributed by atoms with Crippen molar-refractivity contribution in [3.8, 4) is 22.9 Å². The summed E-state index contributed by atoms with van der Waals surface area (Å²) in [5.41, 5.74) is 2.10. The number of nitrogens with zero attached hydrogens (tertiary/aromatic N) is 2. The van der Waals surface area contributed by atoms with Crippen LogP contribution in [0.25, 0.3) is 11.4 Å². The second-order valence-corrected chi connectivity index (χ2v) is 7.97. The molecule has 0 spiro atoms. The average Bonchev–Trinajstić information content (AvgIpc) is 3.19. The number of aromatic hydroxyl groups is 1. The molecule has 2 aromatic carbocycles. The number of aryl methyl sites for hydroxylation is 1. The number of carbonyl (C=O) groups excluding carboxylic acids is 1. The molecule has 0 radical (unpaired) electrons. The van der Waals surface area contributed by atoms with Gasteiger partial charge in [-0.15, -0.1) is 0 Å². The highest BCUT2D eigenvalue weighted by Gasteiger charge is 2.17. The van der Waals surface area contributed by atoms with Gasteiger partial charge in [0.1, 0.15) is 17.3 Å². The number of unbranched alkanes of at least 4 members (excludes halogenated alkanes) is 1. The van der Waals surface area contributed by atoms with E-state index in [-0.39, 0.29) is 17.5 Å². The Labute approximate surface area is 178 Å². The fourth-order valence-corrected chi connectivity index (χ4v) is 3.45. The summed E-state index contributed by atoms with van der Waals surface area (Å²) in [6.45, 7) is 7.18. The third-order valence-electron chi connectivity index (χ3n) is 5.07. The Morgan fingerprint density at radius 2 is 1.90 bits per heavy atom. The Balaban J connectivity index is 1.51. The van der Waals surface area contributed by atoms with Gasteiger partial charge in [-0.25, -0.2) is 4.98 Å². The van der Waals surface area contributed by atoms with Crippen molar-refractivity contribution in [2.45, 2.75) is 46.6 Å². The van der Waals surface area contributed by atoms with Crippen molar-refractivity contribution in [3.05, 3.63) is 66.0 Å². The average molecular weight is 407 g/mol. The number of imidazole rings is 1. The summed E-state index contributed by atoms with van der Waals surface area (Å²) in [6, 6.07) is 13.6. The van der Waals surface area contributed by atoms with Crippen molar-refractivity contribution in [3.63, 3.8) is 0 Å². The zero-order chi connectivity index (χ0) is 21.5. The standard InChI is InChI=1S/C25H30N2O3/c1-18(2)17-22(28)21-11-12-23(19(3)24(21)29)30-16-8-7-14-27-15-13-26-25(27)20-9-5-4-6-10-20/h4-6,9-13,15,18,29H,7-8,14,16-17H2,1-3H3. The van der Waals surface area contributed by atoms with Crippen LogP contribution in [0.4, 0.5) is 0 Å². The molecule has 0 atom stereocenters. The van der Waals surface area contributed by atoms with Crippen LogP contribution in [0.3, 0.4) is 0 Å². The number of aromatic nitrogens is 2. The molecule has 3 aromatic rings. The molecule has 1 heterocycles. The highest BCUT2D eigenvalue weighted by molar-refractivity contribution is 5.99. The Kier molecular flexibility index (Phi) is 7.28. The fraction of sp³-hybridized carbons (Fsp3) is 0.360. The number of ketones is 1. The van der Waals surface area contributed by atoms with E-state index in [1.807, 2.05) is 44.4 Å². The van der Waals surface area contributed by atoms with Crippen LogP contribution in [-0.4, -0.2) is 27.0 Å². The van der Waals surface area contributed by atoms with Crippen molar-refractivity contribution in [2.75, 3.05) is 6.61 Å². The highest BCUT2D eigenvalue weighted by atomic mass is 16.5. The second kappa shape index (κ2) is 10.1. The van der Waals surface area contributed by atoms with E-state index in [1.54, 1.807) is 19.1 Å². The molecular weight excluding hydrogens is 376 g/mol. The maximum Gasteiger partial charge on any atom is 0.166 e. The first-order valence-electron chi connectivity index (χ1n) is 10.5. The SMILES string of the molecule is Cc1c(OCCCCn2ccnc2-c2ccccc2)ccc(C(=O)CC(C)C)c1O. The van der Waals surface area contributed by atoms with Crippen molar-refractivity contribution < 1.29 is 14.6 Å². The summed E-state index contributed by atoms with van der Waals surface area (Å²) in [6.07, 6.45) is 6.07. The van der Waals surface area contributed by atoms with Crippen LogP contribution in [-0.2, 0) is 6.54 Å². The first-order chi connectivity index (χ1) is 14.5. The third kappa shape index (κ3) is 5.29. The summed E-state index contributed by atoms with van der Waals surface area (Å²) >= 11 is 0. The van der Waals surface area contributed by atoms with Gasteiger partial charge in [-0.3, -0.25) is 4.79 Å². The maximum atomic E-state index is 12.3. The van der Waals surface area contributed by atoms with Gasteiger partial charge in [0.05, 0.1) is 12.2 Å². The quantitative estimate of drug-likeness (QED) is 0.349. The van der Waals surface area contributed by atoms with Gasteiger partial charge in [0.15, 0.2) is 5.78 Å². The molecule has 0 saturated carbocycles. The molecule has 1 N–H and O–H groups in total. The summed E-state index contributed by atoms with van der Waals surface area (Å²) in [7, 11) is 0. The molecule has 3 rings (SSSR count). The Morgan fingerprint density at radius 1 is 1.13 bits per heavy atom. The molecule has 0 aliphatic heterocycles. The van der Waals surface area contributed by atoms with Gasteiger partial charge in [0.2, 0.25) is 0 Å². The van der Waals surface area contributed by atoms with Crippen LogP contribution in [0.1, 0.15) is 49.0 Å². The number of carbonyl (C=O) groups is 1. The molecule has 1 aromatic heterocycles. The van der Waals surface area contributed by atoms with E-state index in [4.69, 9.17) is 4.74 Å². The molecule has 158 valence electrons. The van der Waals surface area contributed by atoms with Gasteiger partial charge >= 0.3 is 0 Å². The lowest BCUT2D eigenvalue weighted by Gasteiger charge is -2.14. The zero-order valence-corrected chi connectivity index (χ0v) is 18.0. The molecular formula is C25H30N2O3. The molecule has 0 bridgehead atoms. The summed E-state index contributed by atoms with van der Waals surface area (Å²) in [4.78, 5) is 16.7. The molecule has 0 saturated heterocycles. The lowest BCUT2D eigenvalue weighted by atomic mass is 9.98. The smallest absolute Gasteiger partial charge is 0.166 e. The molecule has 5 heteroatoms. The van der Waals surface area contributed by atoms with Crippen LogP contribution in [0.5, 0.6) is 11.5 Å². The largest absolute Gasteiger partial charge is 0.507 e. The Bertz CT molecular complexity index is 977. The lowest BCUT2D eigenvalue weighted by Crippen LogP contribution is -2.06. The number of Topliss-reactive ketones (excluding diaryl/α,β-unsaturated/α-hetero) is 1. The molecule has 5 nitrogen and oxygen atoms in total. The normalized spacial score (nSPS) is 11.1. The fourth-order valence-electron chi connectivity index (χ4n) is 3.45. The van der Waals surface area contributed by atoms with Crippen LogP contribution < -0.4 is 4.74 Å². The second-order valence-electron chi connectivity index (χ2n) is 7.97. The summed E-state index contributed by atoms with van der Waals surface area (Å²) in [5, 5.41) is 10.4. The van der Waals surface area contributed by atoms with Crippen molar-refractivity contribution >= 4 is 5.78 Å². The van der Waals surface area contributed by atoms with E-state index >= 15 is 0 Å². The number of ether oxygens (including phenoxy) is 1. The minimum atomic E-state index is -0.0355. The number of phenolic OH excluding ortho intramolecular Hbond substituents is 1.